The summed E-state index contributed by atoms with van der Waals surface area (Å²) in [6.07, 6.45) is 1.56. The Labute approximate surface area is 91.7 Å². The van der Waals surface area contributed by atoms with E-state index in [0.29, 0.717) is 5.82 Å². The SMILES string of the molecule is Cc1cnc(N)nc1N1CC(=O)NC(=O)C1. The van der Waals surface area contributed by atoms with Crippen LogP contribution < -0.4 is 16.0 Å². The summed E-state index contributed by atoms with van der Waals surface area (Å²) in [6.45, 7) is 2.00. The van der Waals surface area contributed by atoms with Crippen LogP contribution in [0, 0.1) is 6.92 Å². The summed E-state index contributed by atoms with van der Waals surface area (Å²) in [6, 6.07) is 0. The fourth-order valence-electron chi connectivity index (χ4n) is 1.55. The second-order valence-electron chi connectivity index (χ2n) is 3.56. The molecule has 1 aromatic rings. The van der Waals surface area contributed by atoms with E-state index in [0.717, 1.165) is 5.56 Å². The van der Waals surface area contributed by atoms with E-state index in [9.17, 15) is 9.59 Å². The van der Waals surface area contributed by atoms with Crippen LogP contribution in [0.1, 0.15) is 5.56 Å². The van der Waals surface area contributed by atoms with Gasteiger partial charge in [-0.2, -0.15) is 4.98 Å². The number of carbonyl (C=O) groups excluding carboxylic acids is 2. The number of aryl methyl sites for hydroxylation is 1. The molecule has 0 atom stereocenters. The van der Waals surface area contributed by atoms with E-state index in [1.807, 2.05) is 0 Å². The van der Waals surface area contributed by atoms with E-state index in [4.69, 9.17) is 5.73 Å². The molecule has 0 spiro atoms. The molecule has 84 valence electrons. The second kappa shape index (κ2) is 3.76. The maximum Gasteiger partial charge on any atom is 0.246 e. The molecular formula is C9H11N5O2. The van der Waals surface area contributed by atoms with Crippen LogP contribution >= 0.6 is 0 Å². The second-order valence-corrected chi connectivity index (χ2v) is 3.56. The summed E-state index contributed by atoms with van der Waals surface area (Å²) in [7, 11) is 0. The van der Waals surface area contributed by atoms with E-state index in [2.05, 4.69) is 15.3 Å². The van der Waals surface area contributed by atoms with Gasteiger partial charge in [-0.05, 0) is 6.92 Å². The Hall–Kier alpha value is -2.18. The minimum atomic E-state index is -0.340. The highest BCUT2D eigenvalue weighted by Crippen LogP contribution is 2.17. The topological polar surface area (TPSA) is 101 Å². The lowest BCUT2D eigenvalue weighted by Crippen LogP contribution is -2.52. The fourth-order valence-corrected chi connectivity index (χ4v) is 1.55. The van der Waals surface area contributed by atoms with Crippen molar-refractivity contribution in [3.63, 3.8) is 0 Å². The number of anilines is 2. The van der Waals surface area contributed by atoms with Gasteiger partial charge in [0.15, 0.2) is 0 Å². The summed E-state index contributed by atoms with van der Waals surface area (Å²) in [5, 5.41) is 2.22. The normalized spacial score (nSPS) is 16.2. The molecule has 7 heteroatoms. The van der Waals surface area contributed by atoms with E-state index < -0.39 is 0 Å². The average molecular weight is 221 g/mol. The van der Waals surface area contributed by atoms with Crippen molar-refractivity contribution in [2.75, 3.05) is 23.7 Å². The molecule has 0 radical (unpaired) electrons. The van der Waals surface area contributed by atoms with Gasteiger partial charge in [-0.3, -0.25) is 14.9 Å². The van der Waals surface area contributed by atoms with Crippen LogP contribution in [-0.2, 0) is 9.59 Å². The zero-order valence-corrected chi connectivity index (χ0v) is 8.73. The predicted molar refractivity (Wildman–Crippen MR) is 56.5 cm³/mol. The Morgan fingerprint density at radius 1 is 1.38 bits per heavy atom. The highest BCUT2D eigenvalue weighted by Gasteiger charge is 2.24. The van der Waals surface area contributed by atoms with Crippen molar-refractivity contribution in [1.82, 2.24) is 15.3 Å². The highest BCUT2D eigenvalue weighted by atomic mass is 16.2. The smallest absolute Gasteiger partial charge is 0.246 e. The number of nitrogens with one attached hydrogen (secondary N) is 1. The Morgan fingerprint density at radius 2 is 2.00 bits per heavy atom. The molecule has 16 heavy (non-hydrogen) atoms. The lowest BCUT2D eigenvalue weighted by atomic mass is 10.2. The van der Waals surface area contributed by atoms with Crippen LogP contribution in [0.2, 0.25) is 0 Å². The molecule has 1 aliphatic heterocycles. The molecule has 3 N–H and O–H groups in total. The third kappa shape index (κ3) is 1.92. The van der Waals surface area contributed by atoms with Gasteiger partial charge in [-0.15, -0.1) is 0 Å². The van der Waals surface area contributed by atoms with Gasteiger partial charge >= 0.3 is 0 Å². The molecule has 2 amide bonds. The quantitative estimate of drug-likeness (QED) is 0.579. The summed E-state index contributed by atoms with van der Waals surface area (Å²) in [5.74, 6) is -0.0320. The third-order valence-corrected chi connectivity index (χ3v) is 2.21. The van der Waals surface area contributed by atoms with Gasteiger partial charge in [-0.25, -0.2) is 4.98 Å². The van der Waals surface area contributed by atoms with Gasteiger partial charge in [0.2, 0.25) is 17.8 Å². The largest absolute Gasteiger partial charge is 0.368 e. The Balaban J connectivity index is 2.32. The number of aromatic nitrogens is 2. The minimum Gasteiger partial charge on any atom is -0.368 e. The number of nitrogens with two attached hydrogens (primary N) is 1. The molecule has 1 aromatic heterocycles. The molecule has 0 saturated carbocycles. The van der Waals surface area contributed by atoms with Crippen LogP contribution in [0.15, 0.2) is 6.20 Å². The molecule has 1 saturated heterocycles. The predicted octanol–water partition coefficient (Wildman–Crippen LogP) is -1.17. The van der Waals surface area contributed by atoms with E-state index in [1.165, 1.54) is 0 Å². The number of hydrogen-bond donors (Lipinski definition) is 2. The number of piperazine rings is 1. The standard InChI is InChI=1S/C9H11N5O2/c1-5-2-11-9(10)13-8(5)14-3-6(15)12-7(16)4-14/h2H,3-4H2,1H3,(H2,10,11,13)(H,12,15,16). The molecule has 7 nitrogen and oxygen atoms in total. The summed E-state index contributed by atoms with van der Waals surface area (Å²) in [5.41, 5.74) is 6.24. The summed E-state index contributed by atoms with van der Waals surface area (Å²) < 4.78 is 0. The molecule has 0 unspecified atom stereocenters. The maximum atomic E-state index is 11.2. The molecule has 0 aromatic carbocycles. The number of imide groups is 1. The number of nitrogens with zero attached hydrogens (tertiary/aromatic N) is 3. The zero-order valence-electron chi connectivity index (χ0n) is 8.73. The van der Waals surface area contributed by atoms with Crippen molar-refractivity contribution >= 4 is 23.6 Å². The highest BCUT2D eigenvalue weighted by molar-refractivity contribution is 6.02. The number of carbonyl (C=O) groups is 2. The number of hydrogen-bond acceptors (Lipinski definition) is 6. The van der Waals surface area contributed by atoms with Crippen molar-refractivity contribution in [2.24, 2.45) is 0 Å². The first-order valence-corrected chi connectivity index (χ1v) is 4.73. The van der Waals surface area contributed by atoms with Crippen LogP contribution in [-0.4, -0.2) is 34.9 Å². The molecular weight excluding hydrogens is 210 g/mol. The molecule has 1 aliphatic rings. The van der Waals surface area contributed by atoms with Gasteiger partial charge in [0, 0.05) is 11.8 Å². The lowest BCUT2D eigenvalue weighted by Gasteiger charge is -2.27. The molecule has 0 bridgehead atoms. The Kier molecular flexibility index (Phi) is 2.43. The van der Waals surface area contributed by atoms with Crippen LogP contribution in [0.4, 0.5) is 11.8 Å². The molecule has 1 fully saturated rings. The summed E-state index contributed by atoms with van der Waals surface area (Å²) >= 11 is 0. The van der Waals surface area contributed by atoms with E-state index >= 15 is 0 Å². The number of rotatable bonds is 1. The van der Waals surface area contributed by atoms with Gasteiger partial charge < -0.3 is 10.6 Å². The Bertz CT molecular complexity index is 443. The van der Waals surface area contributed by atoms with Crippen LogP contribution in [0.5, 0.6) is 0 Å². The average Bonchev–Trinajstić information content (AvgIpc) is 2.20. The zero-order chi connectivity index (χ0) is 11.7. The number of nitrogen functional groups attached to an aromatic ring is 1. The van der Waals surface area contributed by atoms with Crippen molar-refractivity contribution < 1.29 is 9.59 Å². The minimum absolute atomic E-state index is 0.100. The van der Waals surface area contributed by atoms with E-state index in [1.54, 1.807) is 18.0 Å². The van der Waals surface area contributed by atoms with Crippen LogP contribution in [0.25, 0.3) is 0 Å². The van der Waals surface area contributed by atoms with Gasteiger partial charge in [0.25, 0.3) is 0 Å². The van der Waals surface area contributed by atoms with Crippen molar-refractivity contribution in [1.29, 1.82) is 0 Å². The van der Waals surface area contributed by atoms with Crippen molar-refractivity contribution in [2.45, 2.75) is 6.92 Å². The third-order valence-electron chi connectivity index (χ3n) is 2.21. The van der Waals surface area contributed by atoms with Gasteiger partial charge in [-0.1, -0.05) is 0 Å². The molecule has 2 rings (SSSR count). The monoisotopic (exact) mass is 221 g/mol. The Morgan fingerprint density at radius 3 is 2.62 bits per heavy atom. The first-order valence-electron chi connectivity index (χ1n) is 4.73. The number of amides is 2. The summed E-state index contributed by atoms with van der Waals surface area (Å²) in [4.78, 5) is 31.8. The van der Waals surface area contributed by atoms with Crippen LogP contribution in [0.3, 0.4) is 0 Å². The van der Waals surface area contributed by atoms with Crippen molar-refractivity contribution in [3.05, 3.63) is 11.8 Å². The van der Waals surface area contributed by atoms with Gasteiger partial charge in [0.05, 0.1) is 13.1 Å². The first-order chi connectivity index (χ1) is 7.56. The molecule has 2 heterocycles. The molecule has 0 aliphatic carbocycles. The first kappa shape index (κ1) is 10.3. The van der Waals surface area contributed by atoms with E-state index in [-0.39, 0.29) is 30.9 Å². The maximum absolute atomic E-state index is 11.2. The lowest BCUT2D eigenvalue weighted by molar-refractivity contribution is -0.130. The fraction of sp³-hybridized carbons (Fsp3) is 0.333. The van der Waals surface area contributed by atoms with Crippen molar-refractivity contribution in [3.8, 4) is 0 Å². The van der Waals surface area contributed by atoms with Gasteiger partial charge in [0.1, 0.15) is 5.82 Å².